The van der Waals surface area contributed by atoms with Crippen LogP contribution in [-0.2, 0) is 0 Å². The van der Waals surface area contributed by atoms with Crippen molar-refractivity contribution in [2.45, 2.75) is 25.8 Å². The summed E-state index contributed by atoms with van der Waals surface area (Å²) < 4.78 is 0. The minimum absolute atomic E-state index is 0.00545. The first-order valence-electron chi connectivity index (χ1n) is 4.26. The standard InChI is InChI=1S/C9H13ClN2O/c1-2-3-6(11)7-4-5-8(13)9(10)12-7/h4-6,13H,2-3,11H2,1H3/t6-/m0/s1. The van der Waals surface area contributed by atoms with Crippen LogP contribution >= 0.6 is 11.6 Å². The highest BCUT2D eigenvalue weighted by Crippen LogP contribution is 2.23. The molecule has 0 fully saturated rings. The van der Waals surface area contributed by atoms with Gasteiger partial charge in [-0.15, -0.1) is 0 Å². The van der Waals surface area contributed by atoms with Crippen LogP contribution in [0.3, 0.4) is 0 Å². The van der Waals surface area contributed by atoms with E-state index < -0.39 is 0 Å². The molecule has 1 aromatic heterocycles. The molecule has 1 heterocycles. The molecule has 0 aliphatic rings. The van der Waals surface area contributed by atoms with Crippen LogP contribution in [0.2, 0.25) is 5.15 Å². The number of aromatic hydroxyl groups is 1. The second-order valence-corrected chi connectivity index (χ2v) is 3.30. The highest BCUT2D eigenvalue weighted by molar-refractivity contribution is 6.30. The second-order valence-electron chi connectivity index (χ2n) is 2.94. The zero-order valence-corrected chi connectivity index (χ0v) is 8.25. The van der Waals surface area contributed by atoms with Gasteiger partial charge < -0.3 is 10.8 Å². The largest absolute Gasteiger partial charge is 0.505 e. The van der Waals surface area contributed by atoms with E-state index in [-0.39, 0.29) is 16.9 Å². The van der Waals surface area contributed by atoms with E-state index in [1.165, 1.54) is 6.07 Å². The van der Waals surface area contributed by atoms with Crippen molar-refractivity contribution < 1.29 is 5.11 Å². The molecule has 0 saturated carbocycles. The monoisotopic (exact) mass is 200 g/mol. The molecule has 13 heavy (non-hydrogen) atoms. The molecule has 3 nitrogen and oxygen atoms in total. The third kappa shape index (κ3) is 2.57. The normalized spacial score (nSPS) is 12.8. The van der Waals surface area contributed by atoms with Gasteiger partial charge in [0, 0.05) is 6.04 Å². The van der Waals surface area contributed by atoms with Crippen molar-refractivity contribution in [3.8, 4) is 5.75 Å². The van der Waals surface area contributed by atoms with Crippen molar-refractivity contribution in [2.75, 3.05) is 0 Å². The van der Waals surface area contributed by atoms with Crippen LogP contribution < -0.4 is 5.73 Å². The number of rotatable bonds is 3. The topological polar surface area (TPSA) is 59.1 Å². The highest BCUT2D eigenvalue weighted by atomic mass is 35.5. The maximum atomic E-state index is 9.12. The van der Waals surface area contributed by atoms with Gasteiger partial charge in [0.05, 0.1) is 5.69 Å². The van der Waals surface area contributed by atoms with Crippen LogP contribution in [-0.4, -0.2) is 10.1 Å². The summed E-state index contributed by atoms with van der Waals surface area (Å²) >= 11 is 5.64. The molecule has 3 N–H and O–H groups in total. The smallest absolute Gasteiger partial charge is 0.171 e. The number of aromatic nitrogens is 1. The van der Waals surface area contributed by atoms with E-state index in [0.717, 1.165) is 18.5 Å². The minimum Gasteiger partial charge on any atom is -0.505 e. The predicted octanol–water partition coefficient (Wildman–Crippen LogP) is 2.24. The Morgan fingerprint density at radius 1 is 1.62 bits per heavy atom. The summed E-state index contributed by atoms with van der Waals surface area (Å²) in [6.07, 6.45) is 1.87. The molecule has 1 rings (SSSR count). The van der Waals surface area contributed by atoms with Gasteiger partial charge in [-0.2, -0.15) is 0 Å². The van der Waals surface area contributed by atoms with Crippen molar-refractivity contribution in [1.82, 2.24) is 4.98 Å². The average molecular weight is 201 g/mol. The van der Waals surface area contributed by atoms with Crippen LogP contribution in [0, 0.1) is 0 Å². The lowest BCUT2D eigenvalue weighted by Crippen LogP contribution is -2.11. The number of hydrogen-bond donors (Lipinski definition) is 2. The summed E-state index contributed by atoms with van der Waals surface area (Å²) in [5, 5.41) is 9.23. The van der Waals surface area contributed by atoms with E-state index in [4.69, 9.17) is 22.4 Å². The van der Waals surface area contributed by atoms with Crippen LogP contribution in [0.5, 0.6) is 5.75 Å². The summed E-state index contributed by atoms with van der Waals surface area (Å²) in [6, 6.07) is 3.12. The highest BCUT2D eigenvalue weighted by Gasteiger charge is 2.08. The van der Waals surface area contributed by atoms with Crippen LogP contribution in [0.1, 0.15) is 31.5 Å². The fraction of sp³-hybridized carbons (Fsp3) is 0.444. The minimum atomic E-state index is -0.0944. The first-order chi connectivity index (χ1) is 6.15. The molecule has 0 bridgehead atoms. The Balaban J connectivity index is 2.84. The van der Waals surface area contributed by atoms with E-state index in [2.05, 4.69) is 11.9 Å². The van der Waals surface area contributed by atoms with Crippen molar-refractivity contribution >= 4 is 11.6 Å². The summed E-state index contributed by atoms with van der Waals surface area (Å²) in [5.41, 5.74) is 6.55. The maximum absolute atomic E-state index is 9.12. The van der Waals surface area contributed by atoms with Gasteiger partial charge in [-0.1, -0.05) is 24.9 Å². The molecule has 0 aromatic carbocycles. The lowest BCUT2D eigenvalue weighted by Gasteiger charge is -2.09. The van der Waals surface area contributed by atoms with Gasteiger partial charge in [-0.25, -0.2) is 4.98 Å². The van der Waals surface area contributed by atoms with Crippen molar-refractivity contribution in [3.63, 3.8) is 0 Å². The van der Waals surface area contributed by atoms with Gasteiger partial charge in [0.25, 0.3) is 0 Å². The van der Waals surface area contributed by atoms with Gasteiger partial charge >= 0.3 is 0 Å². The van der Waals surface area contributed by atoms with Crippen LogP contribution in [0.4, 0.5) is 0 Å². The number of nitrogens with two attached hydrogens (primary N) is 1. The van der Waals surface area contributed by atoms with Crippen molar-refractivity contribution in [3.05, 3.63) is 23.0 Å². The molecule has 1 aromatic rings. The van der Waals surface area contributed by atoms with Gasteiger partial charge in [-0.3, -0.25) is 0 Å². The van der Waals surface area contributed by atoms with Gasteiger partial charge in [0.15, 0.2) is 10.9 Å². The summed E-state index contributed by atoms with van der Waals surface area (Å²) in [4.78, 5) is 3.98. The Labute approximate surface area is 82.5 Å². The average Bonchev–Trinajstić information content (AvgIpc) is 2.10. The zero-order chi connectivity index (χ0) is 9.84. The lowest BCUT2D eigenvalue weighted by molar-refractivity contribution is 0.471. The Hall–Kier alpha value is -0.800. The molecule has 0 spiro atoms. The first kappa shape index (κ1) is 10.3. The molecule has 0 aliphatic heterocycles. The van der Waals surface area contributed by atoms with Crippen molar-refractivity contribution in [2.24, 2.45) is 5.73 Å². The summed E-state index contributed by atoms with van der Waals surface area (Å²) in [6.45, 7) is 2.06. The van der Waals surface area contributed by atoms with Gasteiger partial charge in [-0.05, 0) is 18.6 Å². The van der Waals surface area contributed by atoms with Gasteiger partial charge in [0.1, 0.15) is 0 Å². The van der Waals surface area contributed by atoms with Crippen molar-refractivity contribution in [1.29, 1.82) is 0 Å². The third-order valence-electron chi connectivity index (χ3n) is 1.83. The molecule has 0 saturated heterocycles. The van der Waals surface area contributed by atoms with E-state index in [1.54, 1.807) is 6.07 Å². The number of pyridine rings is 1. The summed E-state index contributed by atoms with van der Waals surface area (Å²) in [7, 11) is 0. The molecule has 0 amide bonds. The third-order valence-corrected chi connectivity index (χ3v) is 2.11. The maximum Gasteiger partial charge on any atom is 0.171 e. The Bertz CT molecular complexity index is 291. The second kappa shape index (κ2) is 4.44. The van der Waals surface area contributed by atoms with E-state index >= 15 is 0 Å². The van der Waals surface area contributed by atoms with Crippen LogP contribution in [0.15, 0.2) is 12.1 Å². The Morgan fingerprint density at radius 3 is 2.85 bits per heavy atom. The molecule has 72 valence electrons. The zero-order valence-electron chi connectivity index (χ0n) is 7.50. The molecular formula is C9H13ClN2O. The number of nitrogens with zero attached hydrogens (tertiary/aromatic N) is 1. The Morgan fingerprint density at radius 2 is 2.31 bits per heavy atom. The first-order valence-corrected chi connectivity index (χ1v) is 4.64. The molecule has 4 heteroatoms. The predicted molar refractivity (Wildman–Crippen MR) is 52.7 cm³/mol. The fourth-order valence-electron chi connectivity index (χ4n) is 1.11. The lowest BCUT2D eigenvalue weighted by atomic mass is 10.1. The molecular weight excluding hydrogens is 188 g/mol. The van der Waals surface area contributed by atoms with E-state index in [1.807, 2.05) is 0 Å². The number of hydrogen-bond acceptors (Lipinski definition) is 3. The summed E-state index contributed by atoms with van der Waals surface area (Å²) in [5.74, 6) is -0.00545. The Kier molecular flexibility index (Phi) is 3.51. The number of halogens is 1. The molecule has 0 unspecified atom stereocenters. The molecule has 0 radical (unpaired) electrons. The SMILES string of the molecule is CCC[C@H](N)c1ccc(O)c(Cl)n1. The van der Waals surface area contributed by atoms with Crippen LogP contribution in [0.25, 0.3) is 0 Å². The van der Waals surface area contributed by atoms with E-state index in [9.17, 15) is 0 Å². The van der Waals surface area contributed by atoms with Gasteiger partial charge in [0.2, 0.25) is 0 Å². The fourth-order valence-corrected chi connectivity index (χ4v) is 1.27. The quantitative estimate of drug-likeness (QED) is 0.736. The van der Waals surface area contributed by atoms with E-state index in [0.29, 0.717) is 0 Å². The molecule has 0 aliphatic carbocycles. The molecule has 1 atom stereocenters.